The van der Waals surface area contributed by atoms with Crippen LogP contribution in [0.1, 0.15) is 6.92 Å². The van der Waals surface area contributed by atoms with Crippen LogP contribution in [0, 0.1) is 0 Å². The van der Waals surface area contributed by atoms with Crippen LogP contribution in [0.5, 0.6) is 0 Å². The normalized spacial score (nSPS) is 12.0. The van der Waals surface area contributed by atoms with Gasteiger partial charge < -0.3 is 21.3 Å². The lowest BCUT2D eigenvalue weighted by molar-refractivity contribution is -0.122. The number of hydrogen-bond donors (Lipinski definition) is 4. The summed E-state index contributed by atoms with van der Waals surface area (Å²) in [6.07, 6.45) is -1.23. The number of carbonyl (C=O) groups is 2. The Labute approximate surface area is 158 Å². The summed E-state index contributed by atoms with van der Waals surface area (Å²) in [6.45, 7) is 0.136. The molecule has 0 aliphatic rings. The number of hydrogen-bond acceptors (Lipinski definition) is 3. The lowest BCUT2D eigenvalue weighted by Crippen LogP contribution is -2.56. The Bertz CT molecular complexity index is 610. The molecule has 0 radical (unpaired) electrons. The van der Waals surface area contributed by atoms with Gasteiger partial charge >= 0.3 is 0 Å². The highest BCUT2D eigenvalue weighted by molar-refractivity contribution is 7.80. The molecule has 0 saturated heterocycles. The molecule has 0 spiro atoms. The van der Waals surface area contributed by atoms with E-state index in [4.69, 9.17) is 47.0 Å². The Balaban J connectivity index is 2.68. The van der Waals surface area contributed by atoms with Crippen LogP contribution in [0.15, 0.2) is 24.3 Å². The molecule has 1 unspecified atom stereocenters. The standard InChI is InChI=1S/C13H14Cl3FN4O2S/c1-7(22)18-8-2-4-9(5-3-8)19-12(24)21-11(13(14,15)16)20-10(23)6-17/h2-5,11H,6H2,1H3,(H,18,22)(H,20,23)(H2,19,21,24). The van der Waals surface area contributed by atoms with E-state index in [0.29, 0.717) is 11.4 Å². The number of alkyl halides is 4. The number of halogens is 4. The lowest BCUT2D eigenvalue weighted by Gasteiger charge is -2.27. The SMILES string of the molecule is CC(=O)Nc1ccc(NC(=S)NC(NC(=O)CF)C(Cl)(Cl)Cl)cc1. The summed E-state index contributed by atoms with van der Waals surface area (Å²) in [5, 5.41) is 10.2. The van der Waals surface area contributed by atoms with Gasteiger partial charge in [0, 0.05) is 18.3 Å². The summed E-state index contributed by atoms with van der Waals surface area (Å²) in [5.41, 5.74) is 1.20. The van der Waals surface area contributed by atoms with Crippen LogP contribution in [0.25, 0.3) is 0 Å². The van der Waals surface area contributed by atoms with Crippen LogP contribution in [-0.4, -0.2) is 33.6 Å². The van der Waals surface area contributed by atoms with Gasteiger partial charge in [0.1, 0.15) is 6.17 Å². The molecule has 6 nitrogen and oxygen atoms in total. The highest BCUT2D eigenvalue weighted by atomic mass is 35.6. The van der Waals surface area contributed by atoms with Crippen molar-refractivity contribution in [2.24, 2.45) is 0 Å². The van der Waals surface area contributed by atoms with Crippen LogP contribution in [0.2, 0.25) is 0 Å². The average molecular weight is 416 g/mol. The third-order valence-electron chi connectivity index (χ3n) is 2.49. The molecule has 0 aliphatic heterocycles. The summed E-state index contributed by atoms with van der Waals surface area (Å²) >= 11 is 22.2. The van der Waals surface area contributed by atoms with Crippen molar-refractivity contribution in [2.75, 3.05) is 17.3 Å². The molecule has 24 heavy (non-hydrogen) atoms. The van der Waals surface area contributed by atoms with E-state index in [1.807, 2.05) is 0 Å². The Hall–Kier alpha value is -1.35. The first kappa shape index (κ1) is 20.7. The molecule has 2 amide bonds. The number of carbonyl (C=O) groups excluding carboxylic acids is 2. The number of thiocarbonyl (C=S) groups is 1. The first-order chi connectivity index (χ1) is 11.1. The van der Waals surface area contributed by atoms with Crippen molar-refractivity contribution < 1.29 is 14.0 Å². The third-order valence-corrected chi connectivity index (χ3v) is 3.37. The highest BCUT2D eigenvalue weighted by Crippen LogP contribution is 2.29. The number of amides is 2. The summed E-state index contributed by atoms with van der Waals surface area (Å²) in [5.74, 6) is -1.15. The Morgan fingerprint density at radius 2 is 1.62 bits per heavy atom. The van der Waals surface area contributed by atoms with Crippen molar-refractivity contribution in [2.45, 2.75) is 16.9 Å². The summed E-state index contributed by atoms with van der Waals surface area (Å²) in [4.78, 5) is 22.1. The molecule has 1 atom stereocenters. The van der Waals surface area contributed by atoms with E-state index < -0.39 is 22.5 Å². The second kappa shape index (κ2) is 9.22. The minimum absolute atomic E-state index is 0.0396. The maximum atomic E-state index is 12.3. The fraction of sp³-hybridized carbons (Fsp3) is 0.308. The summed E-state index contributed by atoms with van der Waals surface area (Å²) in [6, 6.07) is 6.63. The molecule has 0 heterocycles. The Kier molecular flexibility index (Phi) is 7.95. The molecular formula is C13H14Cl3FN4O2S. The van der Waals surface area contributed by atoms with E-state index >= 15 is 0 Å². The number of benzene rings is 1. The van der Waals surface area contributed by atoms with Crippen LogP contribution in [0.3, 0.4) is 0 Å². The molecule has 0 aromatic heterocycles. The quantitative estimate of drug-likeness (QED) is 0.338. The number of rotatable bonds is 5. The molecule has 0 aliphatic carbocycles. The zero-order valence-corrected chi connectivity index (χ0v) is 15.4. The van der Waals surface area contributed by atoms with E-state index in [1.54, 1.807) is 24.3 Å². The molecule has 11 heteroatoms. The third kappa shape index (κ3) is 7.48. The molecular weight excluding hydrogens is 402 g/mol. The van der Waals surface area contributed by atoms with Crippen molar-refractivity contribution in [3.63, 3.8) is 0 Å². The van der Waals surface area contributed by atoms with Crippen LogP contribution in [0.4, 0.5) is 15.8 Å². The monoisotopic (exact) mass is 414 g/mol. The van der Waals surface area contributed by atoms with E-state index in [2.05, 4.69) is 21.3 Å². The predicted octanol–water partition coefficient (Wildman–Crippen LogP) is 2.71. The fourth-order valence-corrected chi connectivity index (χ4v) is 2.10. The topological polar surface area (TPSA) is 82.3 Å². The molecule has 1 aromatic carbocycles. The van der Waals surface area contributed by atoms with Crippen molar-refractivity contribution in [3.8, 4) is 0 Å². The maximum absolute atomic E-state index is 12.3. The average Bonchev–Trinajstić information content (AvgIpc) is 2.47. The van der Waals surface area contributed by atoms with Gasteiger partial charge in [-0.15, -0.1) is 0 Å². The largest absolute Gasteiger partial charge is 0.339 e. The van der Waals surface area contributed by atoms with Gasteiger partial charge in [-0.1, -0.05) is 34.8 Å². The fourth-order valence-electron chi connectivity index (χ4n) is 1.54. The lowest BCUT2D eigenvalue weighted by atomic mass is 10.3. The molecule has 1 aromatic rings. The van der Waals surface area contributed by atoms with E-state index in [9.17, 15) is 14.0 Å². The van der Waals surface area contributed by atoms with Gasteiger partial charge in [-0.25, -0.2) is 4.39 Å². The zero-order valence-electron chi connectivity index (χ0n) is 12.3. The minimum Gasteiger partial charge on any atom is -0.339 e. The molecule has 0 bridgehead atoms. The van der Waals surface area contributed by atoms with Gasteiger partial charge in [0.2, 0.25) is 9.70 Å². The van der Waals surface area contributed by atoms with Gasteiger partial charge in [0.05, 0.1) is 0 Å². The van der Waals surface area contributed by atoms with Gasteiger partial charge in [0.15, 0.2) is 11.8 Å². The van der Waals surface area contributed by atoms with Gasteiger partial charge in [-0.3, -0.25) is 9.59 Å². The first-order valence-corrected chi connectivity index (χ1v) is 8.03. The zero-order chi connectivity index (χ0) is 18.3. The second-order valence-corrected chi connectivity index (χ2v) is 7.31. The van der Waals surface area contributed by atoms with Gasteiger partial charge in [-0.05, 0) is 36.5 Å². The molecule has 1 rings (SSSR count). The first-order valence-electron chi connectivity index (χ1n) is 6.49. The van der Waals surface area contributed by atoms with Crippen molar-refractivity contribution >= 4 is 75.3 Å². The maximum Gasteiger partial charge on any atom is 0.253 e. The molecule has 0 saturated carbocycles. The van der Waals surface area contributed by atoms with Crippen molar-refractivity contribution in [1.82, 2.24) is 10.6 Å². The number of nitrogens with one attached hydrogen (secondary N) is 4. The van der Waals surface area contributed by atoms with Gasteiger partial charge in [0.25, 0.3) is 5.91 Å². The van der Waals surface area contributed by atoms with E-state index in [-0.39, 0.29) is 11.0 Å². The Morgan fingerprint density at radius 1 is 1.12 bits per heavy atom. The summed E-state index contributed by atoms with van der Waals surface area (Å²) < 4.78 is 10.3. The Morgan fingerprint density at radius 3 is 2.04 bits per heavy atom. The predicted molar refractivity (Wildman–Crippen MR) is 98.3 cm³/mol. The van der Waals surface area contributed by atoms with Gasteiger partial charge in [-0.2, -0.15) is 0 Å². The molecule has 132 valence electrons. The summed E-state index contributed by atoms with van der Waals surface area (Å²) in [7, 11) is 0. The molecule has 4 N–H and O–H groups in total. The van der Waals surface area contributed by atoms with Crippen molar-refractivity contribution in [3.05, 3.63) is 24.3 Å². The van der Waals surface area contributed by atoms with Crippen LogP contribution in [-0.2, 0) is 9.59 Å². The van der Waals surface area contributed by atoms with Crippen molar-refractivity contribution in [1.29, 1.82) is 0 Å². The van der Waals surface area contributed by atoms with Crippen LogP contribution < -0.4 is 21.3 Å². The second-order valence-electron chi connectivity index (χ2n) is 4.53. The smallest absolute Gasteiger partial charge is 0.253 e. The van der Waals surface area contributed by atoms with E-state index in [1.165, 1.54) is 6.92 Å². The number of anilines is 2. The van der Waals surface area contributed by atoms with E-state index in [0.717, 1.165) is 0 Å². The molecule has 0 fully saturated rings. The van der Waals surface area contributed by atoms with Crippen LogP contribution >= 0.6 is 47.0 Å². The minimum atomic E-state index is -1.95. The highest BCUT2D eigenvalue weighted by Gasteiger charge is 2.34.